The number of carboxylic acid groups (broad SMARTS) is 1. The van der Waals surface area contributed by atoms with E-state index < -0.39 is 12.1 Å². The van der Waals surface area contributed by atoms with Crippen molar-refractivity contribution in [2.45, 2.75) is 18.9 Å². The van der Waals surface area contributed by atoms with Gasteiger partial charge in [-0.25, -0.2) is 4.39 Å². The SMILES string of the molecule is O=C(O)C[C@@H]1CN(CC(=O)NCCc2ccc(F)cc2)C[C@H]1O. The molecular formula is C16H21FN2O4. The standard InChI is InChI=1S/C16H21FN2O4/c17-13-3-1-11(2-4-13)5-6-18-15(21)10-19-8-12(7-16(22)23)14(20)9-19/h1-4,12,14,20H,5-10H2,(H,18,21)(H,22,23)/t12-,14-/m1/s1. The fraction of sp³-hybridized carbons (Fsp3) is 0.500. The molecule has 3 N–H and O–H groups in total. The molecule has 2 rings (SSSR count). The Balaban J connectivity index is 1.69. The normalized spacial score (nSPS) is 21.3. The number of benzene rings is 1. The number of aliphatic hydroxyl groups excluding tert-OH is 1. The molecule has 0 radical (unpaired) electrons. The van der Waals surface area contributed by atoms with E-state index in [1.54, 1.807) is 17.0 Å². The minimum absolute atomic E-state index is 0.0934. The Bertz CT molecular complexity index is 550. The molecule has 1 saturated heterocycles. The average Bonchev–Trinajstić information content (AvgIpc) is 2.80. The monoisotopic (exact) mass is 324 g/mol. The first-order chi connectivity index (χ1) is 10.9. The summed E-state index contributed by atoms with van der Waals surface area (Å²) in [5, 5.41) is 21.3. The van der Waals surface area contributed by atoms with Gasteiger partial charge in [-0.05, 0) is 24.1 Å². The van der Waals surface area contributed by atoms with Crippen LogP contribution in [0.1, 0.15) is 12.0 Å². The third kappa shape index (κ3) is 5.61. The zero-order chi connectivity index (χ0) is 16.8. The predicted molar refractivity (Wildman–Crippen MR) is 81.3 cm³/mol. The Kier molecular flexibility index (Phi) is 6.06. The molecule has 1 heterocycles. The lowest BCUT2D eigenvalue weighted by molar-refractivity contribution is -0.138. The maximum absolute atomic E-state index is 12.8. The molecule has 6 nitrogen and oxygen atoms in total. The first-order valence-corrected chi connectivity index (χ1v) is 7.57. The number of hydrogen-bond donors (Lipinski definition) is 3. The van der Waals surface area contributed by atoms with Gasteiger partial charge in [0.15, 0.2) is 0 Å². The highest BCUT2D eigenvalue weighted by atomic mass is 19.1. The van der Waals surface area contributed by atoms with E-state index in [2.05, 4.69) is 5.32 Å². The van der Waals surface area contributed by atoms with Gasteiger partial charge >= 0.3 is 5.97 Å². The Morgan fingerprint density at radius 3 is 2.61 bits per heavy atom. The molecule has 126 valence electrons. The van der Waals surface area contributed by atoms with Gasteiger partial charge in [0.1, 0.15) is 5.82 Å². The predicted octanol–water partition coefficient (Wildman–Crippen LogP) is 0.252. The minimum atomic E-state index is -0.945. The molecular weight excluding hydrogens is 303 g/mol. The van der Waals surface area contributed by atoms with Crippen molar-refractivity contribution in [1.82, 2.24) is 10.2 Å². The summed E-state index contributed by atoms with van der Waals surface area (Å²) in [4.78, 5) is 24.3. The molecule has 7 heteroatoms. The van der Waals surface area contributed by atoms with Crippen molar-refractivity contribution in [2.24, 2.45) is 5.92 Å². The number of carboxylic acids is 1. The van der Waals surface area contributed by atoms with Gasteiger partial charge in [-0.1, -0.05) is 12.1 Å². The highest BCUT2D eigenvalue weighted by molar-refractivity contribution is 5.78. The van der Waals surface area contributed by atoms with Gasteiger partial charge in [-0.2, -0.15) is 0 Å². The van der Waals surface area contributed by atoms with Crippen LogP contribution in [0.2, 0.25) is 0 Å². The zero-order valence-electron chi connectivity index (χ0n) is 12.7. The lowest BCUT2D eigenvalue weighted by Crippen LogP contribution is -2.37. The molecule has 0 bridgehead atoms. The number of nitrogens with one attached hydrogen (secondary N) is 1. The number of amides is 1. The summed E-state index contributed by atoms with van der Waals surface area (Å²) < 4.78 is 12.8. The van der Waals surface area contributed by atoms with Crippen molar-refractivity contribution in [2.75, 3.05) is 26.2 Å². The zero-order valence-corrected chi connectivity index (χ0v) is 12.7. The van der Waals surface area contributed by atoms with E-state index in [0.717, 1.165) is 5.56 Å². The second kappa shape index (κ2) is 8.03. The van der Waals surface area contributed by atoms with Crippen LogP contribution in [0.3, 0.4) is 0 Å². The summed E-state index contributed by atoms with van der Waals surface area (Å²) >= 11 is 0. The van der Waals surface area contributed by atoms with Crippen molar-refractivity contribution < 1.29 is 24.2 Å². The topological polar surface area (TPSA) is 89.9 Å². The summed E-state index contributed by atoms with van der Waals surface area (Å²) in [5.74, 6) is -1.74. The van der Waals surface area contributed by atoms with Crippen molar-refractivity contribution in [3.05, 3.63) is 35.6 Å². The van der Waals surface area contributed by atoms with Gasteiger partial charge in [0.05, 0.1) is 19.1 Å². The van der Waals surface area contributed by atoms with Crippen molar-refractivity contribution >= 4 is 11.9 Å². The minimum Gasteiger partial charge on any atom is -0.481 e. The molecule has 1 aromatic rings. The number of β-amino-alcohol motifs (C(OH)–C–C–N with tert-alkyl or cyclic N) is 1. The first kappa shape index (κ1) is 17.4. The highest BCUT2D eigenvalue weighted by Crippen LogP contribution is 2.19. The van der Waals surface area contributed by atoms with Crippen LogP contribution in [0.25, 0.3) is 0 Å². The fourth-order valence-electron chi connectivity index (χ4n) is 2.75. The van der Waals surface area contributed by atoms with Crippen LogP contribution >= 0.6 is 0 Å². The third-order valence-electron chi connectivity index (χ3n) is 3.94. The summed E-state index contributed by atoms with van der Waals surface area (Å²) in [6.07, 6.45) is -0.196. The Labute approximate surface area is 133 Å². The van der Waals surface area contributed by atoms with E-state index in [4.69, 9.17) is 5.11 Å². The van der Waals surface area contributed by atoms with Gasteiger partial charge in [-0.15, -0.1) is 0 Å². The molecule has 1 fully saturated rings. The number of carbonyl (C=O) groups excluding carboxylic acids is 1. The second-order valence-electron chi connectivity index (χ2n) is 5.85. The smallest absolute Gasteiger partial charge is 0.303 e. The van der Waals surface area contributed by atoms with Crippen molar-refractivity contribution in [3.8, 4) is 0 Å². The van der Waals surface area contributed by atoms with Gasteiger partial charge in [-0.3, -0.25) is 14.5 Å². The van der Waals surface area contributed by atoms with Gasteiger partial charge < -0.3 is 15.5 Å². The Morgan fingerprint density at radius 2 is 1.96 bits per heavy atom. The van der Waals surface area contributed by atoms with E-state index >= 15 is 0 Å². The second-order valence-corrected chi connectivity index (χ2v) is 5.85. The Hall–Kier alpha value is -1.99. The van der Waals surface area contributed by atoms with Crippen LogP contribution < -0.4 is 5.32 Å². The maximum Gasteiger partial charge on any atom is 0.303 e. The molecule has 1 aromatic carbocycles. The molecule has 2 atom stereocenters. The van der Waals surface area contributed by atoms with Crippen LogP contribution in [0.4, 0.5) is 4.39 Å². The number of aliphatic carboxylic acids is 1. The molecule has 0 unspecified atom stereocenters. The largest absolute Gasteiger partial charge is 0.481 e. The van der Waals surface area contributed by atoms with Crippen LogP contribution in [0.15, 0.2) is 24.3 Å². The Morgan fingerprint density at radius 1 is 1.26 bits per heavy atom. The van der Waals surface area contributed by atoms with E-state index in [0.29, 0.717) is 26.1 Å². The van der Waals surface area contributed by atoms with Gasteiger partial charge in [0.2, 0.25) is 5.91 Å². The van der Waals surface area contributed by atoms with Crippen molar-refractivity contribution in [1.29, 1.82) is 0 Å². The number of rotatable bonds is 7. The quantitative estimate of drug-likeness (QED) is 0.669. The highest BCUT2D eigenvalue weighted by Gasteiger charge is 2.33. The molecule has 1 aliphatic rings. The summed E-state index contributed by atoms with van der Waals surface area (Å²) in [6.45, 7) is 1.29. The van der Waals surface area contributed by atoms with E-state index in [-0.39, 0.29) is 30.6 Å². The molecule has 0 aliphatic carbocycles. The lowest BCUT2D eigenvalue weighted by atomic mass is 10.0. The van der Waals surface area contributed by atoms with E-state index in [9.17, 15) is 19.1 Å². The summed E-state index contributed by atoms with van der Waals surface area (Å²) in [6, 6.07) is 6.11. The average molecular weight is 324 g/mol. The molecule has 0 spiro atoms. The number of halogens is 1. The van der Waals surface area contributed by atoms with Crippen LogP contribution in [0.5, 0.6) is 0 Å². The number of likely N-dealkylation sites (tertiary alicyclic amines) is 1. The number of aliphatic hydroxyl groups is 1. The molecule has 1 aliphatic heterocycles. The third-order valence-corrected chi connectivity index (χ3v) is 3.94. The van der Waals surface area contributed by atoms with Crippen LogP contribution in [0, 0.1) is 11.7 Å². The summed E-state index contributed by atoms with van der Waals surface area (Å²) in [5.41, 5.74) is 0.935. The van der Waals surface area contributed by atoms with E-state index in [1.165, 1.54) is 12.1 Å². The maximum atomic E-state index is 12.8. The molecule has 0 saturated carbocycles. The van der Waals surface area contributed by atoms with Crippen LogP contribution in [-0.2, 0) is 16.0 Å². The molecule has 0 aromatic heterocycles. The van der Waals surface area contributed by atoms with Gasteiger partial charge in [0.25, 0.3) is 0 Å². The van der Waals surface area contributed by atoms with Gasteiger partial charge in [0, 0.05) is 25.6 Å². The lowest BCUT2D eigenvalue weighted by Gasteiger charge is -2.14. The van der Waals surface area contributed by atoms with Crippen LogP contribution in [-0.4, -0.2) is 59.3 Å². The molecule has 23 heavy (non-hydrogen) atoms. The summed E-state index contributed by atoms with van der Waals surface area (Å²) in [7, 11) is 0. The first-order valence-electron chi connectivity index (χ1n) is 7.57. The fourth-order valence-corrected chi connectivity index (χ4v) is 2.75. The van der Waals surface area contributed by atoms with Crippen molar-refractivity contribution in [3.63, 3.8) is 0 Å². The van der Waals surface area contributed by atoms with E-state index in [1.807, 2.05) is 0 Å². The number of nitrogens with zero attached hydrogens (tertiary/aromatic N) is 1. The molecule has 1 amide bonds. The number of carbonyl (C=O) groups is 2. The number of hydrogen-bond acceptors (Lipinski definition) is 4.